The number of rotatable bonds is 5. The lowest BCUT2D eigenvalue weighted by atomic mass is 9.86. The largest absolute Gasteiger partial charge is 0.481 e. The van der Waals surface area contributed by atoms with Crippen molar-refractivity contribution in [3.8, 4) is 5.88 Å². The van der Waals surface area contributed by atoms with Gasteiger partial charge in [0, 0.05) is 17.8 Å². The molecular weight excluding hydrogens is 258 g/mol. The van der Waals surface area contributed by atoms with Gasteiger partial charge >= 0.3 is 5.97 Å². The van der Waals surface area contributed by atoms with Crippen molar-refractivity contribution in [1.29, 1.82) is 0 Å². The van der Waals surface area contributed by atoms with Crippen LogP contribution in [-0.4, -0.2) is 33.7 Å². The van der Waals surface area contributed by atoms with E-state index in [0.717, 1.165) is 18.5 Å². The molecule has 0 spiro atoms. The third kappa shape index (κ3) is 3.82. The first-order chi connectivity index (χ1) is 9.58. The number of hydrogen-bond acceptors (Lipinski definition) is 5. The van der Waals surface area contributed by atoms with Crippen LogP contribution >= 0.6 is 0 Å². The van der Waals surface area contributed by atoms with Gasteiger partial charge in [-0.05, 0) is 39.5 Å². The van der Waals surface area contributed by atoms with Crippen LogP contribution in [0.5, 0.6) is 5.88 Å². The summed E-state index contributed by atoms with van der Waals surface area (Å²) in [5.74, 6) is 0.244. The molecule has 0 radical (unpaired) electrons. The van der Waals surface area contributed by atoms with E-state index in [9.17, 15) is 4.79 Å². The Kier molecular flexibility index (Phi) is 4.76. The van der Waals surface area contributed by atoms with E-state index in [1.54, 1.807) is 6.07 Å². The number of carboxylic acids is 1. The molecule has 1 aliphatic carbocycles. The molecule has 0 aromatic carbocycles. The highest BCUT2D eigenvalue weighted by atomic mass is 16.5. The third-order valence-corrected chi connectivity index (χ3v) is 3.53. The zero-order chi connectivity index (χ0) is 14.5. The van der Waals surface area contributed by atoms with Crippen molar-refractivity contribution < 1.29 is 14.6 Å². The number of nitrogens with zero attached hydrogens (tertiary/aromatic N) is 2. The highest BCUT2D eigenvalue weighted by Gasteiger charge is 2.26. The number of nitrogens with one attached hydrogen (secondary N) is 1. The molecule has 0 saturated heterocycles. The Balaban J connectivity index is 1.95. The van der Waals surface area contributed by atoms with Gasteiger partial charge in [0.1, 0.15) is 0 Å². The van der Waals surface area contributed by atoms with Gasteiger partial charge in [0.25, 0.3) is 0 Å². The number of carbonyl (C=O) groups is 1. The number of anilines is 1. The lowest BCUT2D eigenvalue weighted by Gasteiger charge is -2.26. The Hall–Kier alpha value is -1.85. The fourth-order valence-corrected chi connectivity index (χ4v) is 2.49. The molecule has 1 aliphatic rings. The summed E-state index contributed by atoms with van der Waals surface area (Å²) in [7, 11) is 0. The van der Waals surface area contributed by atoms with Crippen LogP contribution in [-0.2, 0) is 4.79 Å². The maximum atomic E-state index is 10.9. The van der Waals surface area contributed by atoms with Gasteiger partial charge in [0.15, 0.2) is 0 Å². The van der Waals surface area contributed by atoms with E-state index < -0.39 is 5.97 Å². The Morgan fingerprint density at radius 2 is 2.10 bits per heavy atom. The average molecular weight is 279 g/mol. The van der Waals surface area contributed by atoms with Gasteiger partial charge in [-0.3, -0.25) is 4.79 Å². The van der Waals surface area contributed by atoms with Crippen molar-refractivity contribution in [2.45, 2.75) is 45.6 Å². The Morgan fingerprint density at radius 3 is 2.70 bits per heavy atom. The number of hydrogen-bond donors (Lipinski definition) is 2. The van der Waals surface area contributed by atoms with Crippen LogP contribution in [0.4, 0.5) is 5.95 Å². The van der Waals surface area contributed by atoms with Crippen molar-refractivity contribution in [2.24, 2.45) is 5.92 Å². The van der Waals surface area contributed by atoms with E-state index in [1.807, 2.05) is 13.8 Å². The van der Waals surface area contributed by atoms with E-state index in [0.29, 0.717) is 31.3 Å². The first-order valence-electron chi connectivity index (χ1n) is 7.06. The Bertz CT molecular complexity index is 471. The molecule has 0 aliphatic heterocycles. The minimum atomic E-state index is -0.686. The summed E-state index contributed by atoms with van der Waals surface area (Å²) < 4.78 is 5.40. The van der Waals surface area contributed by atoms with E-state index in [-0.39, 0.29) is 12.0 Å². The lowest BCUT2D eigenvalue weighted by molar-refractivity contribution is -0.142. The lowest BCUT2D eigenvalue weighted by Crippen LogP contribution is -2.30. The van der Waals surface area contributed by atoms with Crippen molar-refractivity contribution in [3.63, 3.8) is 0 Å². The minimum absolute atomic E-state index is 0.203. The second kappa shape index (κ2) is 6.54. The smallest absolute Gasteiger partial charge is 0.306 e. The van der Waals surface area contributed by atoms with Crippen molar-refractivity contribution >= 4 is 11.9 Å². The number of ether oxygens (including phenoxy) is 1. The molecule has 20 heavy (non-hydrogen) atoms. The zero-order valence-corrected chi connectivity index (χ0v) is 11.9. The first kappa shape index (κ1) is 14.6. The maximum absolute atomic E-state index is 10.9. The summed E-state index contributed by atoms with van der Waals surface area (Å²) in [6, 6.07) is 2.04. The quantitative estimate of drug-likeness (QED) is 0.860. The Morgan fingerprint density at radius 1 is 1.40 bits per heavy atom. The molecule has 1 aromatic heterocycles. The molecule has 110 valence electrons. The number of aliphatic carboxylic acids is 1. The topological polar surface area (TPSA) is 84.3 Å². The number of aromatic nitrogens is 2. The van der Waals surface area contributed by atoms with Crippen LogP contribution < -0.4 is 10.1 Å². The normalized spacial score (nSPS) is 22.3. The van der Waals surface area contributed by atoms with Crippen LogP contribution in [0.1, 0.15) is 38.3 Å². The van der Waals surface area contributed by atoms with Gasteiger partial charge in [-0.15, -0.1) is 0 Å². The van der Waals surface area contributed by atoms with E-state index in [4.69, 9.17) is 9.84 Å². The van der Waals surface area contributed by atoms with Crippen LogP contribution in [0.25, 0.3) is 0 Å². The fourth-order valence-electron chi connectivity index (χ4n) is 2.49. The predicted octanol–water partition coefficient (Wildman–Crippen LogP) is 2.24. The highest BCUT2D eigenvalue weighted by molar-refractivity contribution is 5.70. The van der Waals surface area contributed by atoms with Gasteiger partial charge < -0.3 is 15.2 Å². The van der Waals surface area contributed by atoms with Gasteiger partial charge in [0.05, 0.1) is 12.5 Å². The zero-order valence-electron chi connectivity index (χ0n) is 11.9. The average Bonchev–Trinajstić information content (AvgIpc) is 2.39. The molecule has 0 amide bonds. The molecule has 6 heteroatoms. The van der Waals surface area contributed by atoms with Gasteiger partial charge in [-0.1, -0.05) is 0 Å². The molecule has 2 N–H and O–H groups in total. The molecule has 1 aromatic rings. The van der Waals surface area contributed by atoms with Crippen molar-refractivity contribution in [3.05, 3.63) is 11.8 Å². The Labute approximate surface area is 118 Å². The molecule has 6 nitrogen and oxygen atoms in total. The van der Waals surface area contributed by atoms with Gasteiger partial charge in [-0.2, -0.15) is 4.98 Å². The van der Waals surface area contributed by atoms with E-state index >= 15 is 0 Å². The first-order valence-corrected chi connectivity index (χ1v) is 7.06. The molecule has 1 fully saturated rings. The summed E-state index contributed by atoms with van der Waals surface area (Å²) in [6.45, 7) is 4.38. The molecule has 0 bridgehead atoms. The summed E-state index contributed by atoms with van der Waals surface area (Å²) in [4.78, 5) is 19.6. The van der Waals surface area contributed by atoms with Gasteiger partial charge in [0.2, 0.25) is 11.8 Å². The summed E-state index contributed by atoms with van der Waals surface area (Å²) in [5.41, 5.74) is 0.852. The molecule has 2 rings (SSSR count). The monoisotopic (exact) mass is 279 g/mol. The third-order valence-electron chi connectivity index (χ3n) is 3.53. The second-order valence-corrected chi connectivity index (χ2v) is 5.14. The van der Waals surface area contributed by atoms with Crippen molar-refractivity contribution in [2.75, 3.05) is 11.9 Å². The summed E-state index contributed by atoms with van der Waals surface area (Å²) in [5, 5.41) is 12.3. The van der Waals surface area contributed by atoms with Crippen LogP contribution in [0.2, 0.25) is 0 Å². The second-order valence-electron chi connectivity index (χ2n) is 5.14. The molecule has 1 saturated carbocycles. The van der Waals surface area contributed by atoms with E-state index in [2.05, 4.69) is 15.3 Å². The van der Waals surface area contributed by atoms with Gasteiger partial charge in [-0.25, -0.2) is 4.98 Å². The van der Waals surface area contributed by atoms with E-state index in [1.165, 1.54) is 0 Å². The number of carboxylic acid groups (broad SMARTS) is 1. The maximum Gasteiger partial charge on any atom is 0.306 e. The van der Waals surface area contributed by atoms with Crippen LogP contribution in [0.15, 0.2) is 6.07 Å². The molecule has 1 heterocycles. The molecule has 0 atom stereocenters. The van der Waals surface area contributed by atoms with Crippen LogP contribution in [0, 0.1) is 12.8 Å². The minimum Gasteiger partial charge on any atom is -0.481 e. The summed E-state index contributed by atoms with van der Waals surface area (Å²) in [6.07, 6.45) is 3.07. The molecular formula is C14H21N3O3. The van der Waals surface area contributed by atoms with Crippen LogP contribution in [0.3, 0.4) is 0 Å². The SMILES string of the molecule is CCOc1cc(C)nc(NC2CCC(C(=O)O)CC2)n1. The number of aryl methyl sites for hydroxylation is 1. The standard InChI is InChI=1S/C14H21N3O3/c1-3-20-12-8-9(2)15-14(17-12)16-11-6-4-10(5-7-11)13(18)19/h8,10-11H,3-7H2,1-2H3,(H,18,19)(H,15,16,17). The highest BCUT2D eigenvalue weighted by Crippen LogP contribution is 2.26. The predicted molar refractivity (Wildman–Crippen MR) is 74.9 cm³/mol. The van der Waals surface area contributed by atoms with Crippen molar-refractivity contribution in [1.82, 2.24) is 9.97 Å². The summed E-state index contributed by atoms with van der Waals surface area (Å²) >= 11 is 0. The fraction of sp³-hybridized carbons (Fsp3) is 0.643. The molecule has 0 unspecified atom stereocenters.